The molecule has 0 aromatic carbocycles. The summed E-state index contributed by atoms with van der Waals surface area (Å²) in [6, 6.07) is -0.204. The number of piperazine rings is 1. The number of carbonyl (C=O) groups is 2. The molecule has 0 bridgehead atoms. The number of hydrogen-bond acceptors (Lipinski definition) is 5. The summed E-state index contributed by atoms with van der Waals surface area (Å²) in [5.74, 6) is -0.0671. The van der Waals surface area contributed by atoms with Crippen molar-refractivity contribution in [2.45, 2.75) is 45.7 Å². The summed E-state index contributed by atoms with van der Waals surface area (Å²) in [5.41, 5.74) is 0.163. The van der Waals surface area contributed by atoms with Crippen molar-refractivity contribution in [3.05, 3.63) is 24.3 Å². The molecule has 0 aliphatic carbocycles. The predicted octanol–water partition coefficient (Wildman–Crippen LogP) is 0.928. The van der Waals surface area contributed by atoms with E-state index in [1.165, 1.54) is 12.4 Å². The summed E-state index contributed by atoms with van der Waals surface area (Å²) < 4.78 is 0. The number of nitrogens with one attached hydrogen (secondary N) is 1. The van der Waals surface area contributed by atoms with E-state index in [0.717, 1.165) is 6.42 Å². The van der Waals surface area contributed by atoms with Crippen molar-refractivity contribution in [2.75, 3.05) is 26.2 Å². The molecule has 24 heavy (non-hydrogen) atoms. The van der Waals surface area contributed by atoms with Crippen molar-refractivity contribution in [3.63, 3.8) is 0 Å². The largest absolute Gasteiger partial charge is 0.350 e. The van der Waals surface area contributed by atoms with Gasteiger partial charge < -0.3 is 10.2 Å². The SMILES string of the molecule is CCC(C)(C)NC(=O)[C@H](C)N1CCN(C(=O)c2cnccn2)CC1. The lowest BCUT2D eigenvalue weighted by molar-refractivity contribution is -0.128. The van der Waals surface area contributed by atoms with Gasteiger partial charge >= 0.3 is 0 Å². The zero-order valence-corrected chi connectivity index (χ0v) is 15.0. The Bertz CT molecular complexity index is 568. The second-order valence-corrected chi connectivity index (χ2v) is 6.82. The van der Waals surface area contributed by atoms with Crippen molar-refractivity contribution >= 4 is 11.8 Å². The van der Waals surface area contributed by atoms with Crippen molar-refractivity contribution in [1.82, 2.24) is 25.1 Å². The molecule has 132 valence electrons. The molecule has 1 N–H and O–H groups in total. The topological polar surface area (TPSA) is 78.4 Å². The maximum absolute atomic E-state index is 12.4. The number of aromatic nitrogens is 2. The minimum Gasteiger partial charge on any atom is -0.350 e. The second kappa shape index (κ2) is 7.70. The maximum atomic E-state index is 12.4. The Morgan fingerprint density at radius 1 is 1.25 bits per heavy atom. The lowest BCUT2D eigenvalue weighted by Crippen LogP contribution is -2.57. The zero-order valence-electron chi connectivity index (χ0n) is 15.0. The highest BCUT2D eigenvalue weighted by atomic mass is 16.2. The van der Waals surface area contributed by atoms with Crippen molar-refractivity contribution in [2.24, 2.45) is 0 Å². The van der Waals surface area contributed by atoms with Crippen LogP contribution in [0.15, 0.2) is 18.6 Å². The van der Waals surface area contributed by atoms with Gasteiger partial charge in [0.15, 0.2) is 0 Å². The highest BCUT2D eigenvalue weighted by molar-refractivity contribution is 5.92. The molecule has 1 aliphatic heterocycles. The van der Waals surface area contributed by atoms with Gasteiger partial charge in [0.1, 0.15) is 5.69 Å². The first-order chi connectivity index (χ1) is 11.3. The van der Waals surface area contributed by atoms with Gasteiger partial charge in [0, 0.05) is 44.1 Å². The van der Waals surface area contributed by atoms with E-state index in [2.05, 4.69) is 27.1 Å². The fourth-order valence-corrected chi connectivity index (χ4v) is 2.58. The van der Waals surface area contributed by atoms with Gasteiger partial charge in [-0.3, -0.25) is 19.5 Å². The Balaban J connectivity index is 1.88. The van der Waals surface area contributed by atoms with E-state index in [0.29, 0.717) is 31.9 Å². The van der Waals surface area contributed by atoms with E-state index in [1.54, 1.807) is 11.1 Å². The van der Waals surface area contributed by atoms with Crippen LogP contribution in [0.5, 0.6) is 0 Å². The maximum Gasteiger partial charge on any atom is 0.274 e. The van der Waals surface area contributed by atoms with Crippen LogP contribution in [-0.2, 0) is 4.79 Å². The molecule has 2 rings (SSSR count). The molecule has 1 aliphatic rings. The van der Waals surface area contributed by atoms with Crippen molar-refractivity contribution in [1.29, 1.82) is 0 Å². The fraction of sp³-hybridized carbons (Fsp3) is 0.647. The van der Waals surface area contributed by atoms with Crippen molar-refractivity contribution in [3.8, 4) is 0 Å². The van der Waals surface area contributed by atoms with E-state index in [-0.39, 0.29) is 23.4 Å². The molecular weight excluding hydrogens is 306 g/mol. The van der Waals surface area contributed by atoms with Crippen LogP contribution in [0, 0.1) is 0 Å². The lowest BCUT2D eigenvalue weighted by atomic mass is 10.0. The molecule has 1 aromatic rings. The summed E-state index contributed by atoms with van der Waals surface area (Å²) in [4.78, 5) is 36.6. The number of hydrogen-bond donors (Lipinski definition) is 1. The molecule has 0 radical (unpaired) electrons. The van der Waals surface area contributed by atoms with Crippen LogP contribution >= 0.6 is 0 Å². The van der Waals surface area contributed by atoms with Gasteiger partial charge in [-0.25, -0.2) is 4.98 Å². The first-order valence-electron chi connectivity index (χ1n) is 8.45. The average molecular weight is 333 g/mol. The fourth-order valence-electron chi connectivity index (χ4n) is 2.58. The standard InChI is InChI=1S/C17H27N5O2/c1-5-17(3,4)20-15(23)13(2)21-8-10-22(11-9-21)16(24)14-12-18-6-7-19-14/h6-7,12-13H,5,8-11H2,1-4H3,(H,20,23)/t13-/m0/s1. The molecule has 1 fully saturated rings. The van der Waals surface area contributed by atoms with E-state index < -0.39 is 0 Å². The molecule has 2 heterocycles. The van der Waals surface area contributed by atoms with Crippen LogP contribution in [0.2, 0.25) is 0 Å². The summed E-state index contributed by atoms with van der Waals surface area (Å²) in [5, 5.41) is 3.08. The van der Waals surface area contributed by atoms with Crippen LogP contribution in [0.1, 0.15) is 44.6 Å². The Hall–Kier alpha value is -2.02. The van der Waals surface area contributed by atoms with E-state index >= 15 is 0 Å². The third kappa shape index (κ3) is 4.50. The van der Waals surface area contributed by atoms with Crippen LogP contribution in [-0.4, -0.2) is 69.3 Å². The molecule has 1 atom stereocenters. The molecule has 0 spiro atoms. The van der Waals surface area contributed by atoms with Gasteiger partial charge in [0.05, 0.1) is 12.2 Å². The number of carbonyl (C=O) groups excluding carboxylic acids is 2. The van der Waals surface area contributed by atoms with Gasteiger partial charge in [0.2, 0.25) is 5.91 Å². The second-order valence-electron chi connectivity index (χ2n) is 6.82. The van der Waals surface area contributed by atoms with E-state index in [4.69, 9.17) is 0 Å². The van der Waals surface area contributed by atoms with E-state index in [9.17, 15) is 9.59 Å². The summed E-state index contributed by atoms with van der Waals surface area (Å²) >= 11 is 0. The normalized spacial score (nSPS) is 17.4. The van der Waals surface area contributed by atoms with Crippen LogP contribution < -0.4 is 5.32 Å². The average Bonchev–Trinajstić information content (AvgIpc) is 2.61. The Morgan fingerprint density at radius 3 is 2.46 bits per heavy atom. The molecule has 0 unspecified atom stereocenters. The van der Waals surface area contributed by atoms with Crippen LogP contribution in [0.4, 0.5) is 0 Å². The first kappa shape index (κ1) is 18.3. The summed E-state index contributed by atoms with van der Waals surface area (Å²) in [6.07, 6.45) is 5.43. The minimum atomic E-state index is -0.204. The predicted molar refractivity (Wildman–Crippen MR) is 91.5 cm³/mol. The molecule has 2 amide bonds. The zero-order chi connectivity index (χ0) is 17.7. The van der Waals surface area contributed by atoms with Gasteiger partial charge in [-0.1, -0.05) is 6.92 Å². The van der Waals surface area contributed by atoms with Gasteiger partial charge in [-0.2, -0.15) is 0 Å². The molecule has 0 saturated carbocycles. The summed E-state index contributed by atoms with van der Waals surface area (Å²) in [7, 11) is 0. The quantitative estimate of drug-likeness (QED) is 0.867. The molecule has 1 aromatic heterocycles. The van der Waals surface area contributed by atoms with Gasteiger partial charge in [-0.05, 0) is 27.2 Å². The van der Waals surface area contributed by atoms with Gasteiger partial charge in [0.25, 0.3) is 5.91 Å². The van der Waals surface area contributed by atoms with Crippen LogP contribution in [0.25, 0.3) is 0 Å². The highest BCUT2D eigenvalue weighted by Crippen LogP contribution is 2.12. The lowest BCUT2D eigenvalue weighted by Gasteiger charge is -2.38. The Kier molecular flexibility index (Phi) is 5.88. The molecule has 7 heteroatoms. The molecule has 1 saturated heterocycles. The van der Waals surface area contributed by atoms with Gasteiger partial charge in [-0.15, -0.1) is 0 Å². The van der Waals surface area contributed by atoms with Crippen LogP contribution in [0.3, 0.4) is 0 Å². The highest BCUT2D eigenvalue weighted by Gasteiger charge is 2.30. The Morgan fingerprint density at radius 2 is 1.92 bits per heavy atom. The number of rotatable bonds is 5. The minimum absolute atomic E-state index is 0.0375. The smallest absolute Gasteiger partial charge is 0.274 e. The third-order valence-corrected chi connectivity index (χ3v) is 4.66. The monoisotopic (exact) mass is 333 g/mol. The summed E-state index contributed by atoms with van der Waals surface area (Å²) in [6.45, 7) is 10.5. The Labute approximate surface area is 143 Å². The third-order valence-electron chi connectivity index (χ3n) is 4.66. The number of amides is 2. The van der Waals surface area contributed by atoms with E-state index in [1.807, 2.05) is 20.8 Å². The first-order valence-corrected chi connectivity index (χ1v) is 8.45. The molecule has 7 nitrogen and oxygen atoms in total. The van der Waals surface area contributed by atoms with Crippen molar-refractivity contribution < 1.29 is 9.59 Å². The number of nitrogens with zero attached hydrogens (tertiary/aromatic N) is 4. The molecular formula is C17H27N5O2.